The summed E-state index contributed by atoms with van der Waals surface area (Å²) < 4.78 is 0. The molecule has 0 bridgehead atoms. The molecule has 132 valence electrons. The van der Waals surface area contributed by atoms with E-state index in [2.05, 4.69) is 15.6 Å². The molecule has 0 spiro atoms. The normalized spacial score (nSPS) is 10.3. The summed E-state index contributed by atoms with van der Waals surface area (Å²) in [5.41, 5.74) is 3.33. The number of rotatable bonds is 7. The SMILES string of the molecule is CC(=O)c1ccc(Nc2nc(CNC(=O)Cc3ccccc3)cs2)cc1. The lowest BCUT2D eigenvalue weighted by molar-refractivity contribution is -0.120. The van der Waals surface area contributed by atoms with Crippen molar-refractivity contribution < 1.29 is 9.59 Å². The molecular formula is C20H19N3O2S. The molecule has 3 aromatic rings. The van der Waals surface area contributed by atoms with Gasteiger partial charge < -0.3 is 10.6 Å². The molecule has 0 aliphatic rings. The van der Waals surface area contributed by atoms with E-state index in [1.54, 1.807) is 19.1 Å². The molecular weight excluding hydrogens is 346 g/mol. The molecule has 1 amide bonds. The van der Waals surface area contributed by atoms with Crippen LogP contribution in [0.4, 0.5) is 10.8 Å². The molecule has 0 unspecified atom stereocenters. The van der Waals surface area contributed by atoms with Crippen molar-refractivity contribution in [3.05, 3.63) is 76.8 Å². The first-order valence-corrected chi connectivity index (χ1v) is 9.11. The van der Waals surface area contributed by atoms with E-state index in [0.29, 0.717) is 18.5 Å². The molecule has 3 rings (SSSR count). The smallest absolute Gasteiger partial charge is 0.224 e. The van der Waals surface area contributed by atoms with Crippen LogP contribution in [-0.4, -0.2) is 16.7 Å². The predicted molar refractivity (Wildman–Crippen MR) is 104 cm³/mol. The fourth-order valence-electron chi connectivity index (χ4n) is 2.39. The maximum Gasteiger partial charge on any atom is 0.224 e. The maximum absolute atomic E-state index is 12.0. The second-order valence-electron chi connectivity index (χ2n) is 5.84. The van der Waals surface area contributed by atoms with E-state index in [-0.39, 0.29) is 11.7 Å². The van der Waals surface area contributed by atoms with Crippen LogP contribution in [0.25, 0.3) is 0 Å². The van der Waals surface area contributed by atoms with Crippen molar-refractivity contribution in [3.63, 3.8) is 0 Å². The molecule has 0 saturated heterocycles. The van der Waals surface area contributed by atoms with Crippen molar-refractivity contribution >= 4 is 33.8 Å². The lowest BCUT2D eigenvalue weighted by atomic mass is 10.1. The Labute approximate surface area is 156 Å². The monoisotopic (exact) mass is 365 g/mol. The van der Waals surface area contributed by atoms with Gasteiger partial charge in [-0.3, -0.25) is 9.59 Å². The number of anilines is 2. The summed E-state index contributed by atoms with van der Waals surface area (Å²) in [6.45, 7) is 1.94. The maximum atomic E-state index is 12.0. The van der Waals surface area contributed by atoms with Crippen LogP contribution in [0.1, 0.15) is 28.5 Å². The van der Waals surface area contributed by atoms with E-state index in [1.807, 2.05) is 47.8 Å². The number of hydrogen-bond donors (Lipinski definition) is 2. The lowest BCUT2D eigenvalue weighted by Crippen LogP contribution is -2.24. The zero-order valence-corrected chi connectivity index (χ0v) is 15.2. The first kappa shape index (κ1) is 17.8. The van der Waals surface area contributed by atoms with Crippen molar-refractivity contribution in [1.82, 2.24) is 10.3 Å². The number of amides is 1. The summed E-state index contributed by atoms with van der Waals surface area (Å²) in [6, 6.07) is 16.9. The number of hydrogen-bond acceptors (Lipinski definition) is 5. The van der Waals surface area contributed by atoms with E-state index in [9.17, 15) is 9.59 Å². The number of Topliss-reactive ketones (excluding diaryl/α,β-unsaturated/α-hetero) is 1. The highest BCUT2D eigenvalue weighted by molar-refractivity contribution is 7.13. The average Bonchev–Trinajstić information content (AvgIpc) is 3.09. The lowest BCUT2D eigenvalue weighted by Gasteiger charge is -2.04. The second-order valence-corrected chi connectivity index (χ2v) is 6.70. The van der Waals surface area contributed by atoms with Crippen LogP contribution < -0.4 is 10.6 Å². The molecule has 2 N–H and O–H groups in total. The highest BCUT2D eigenvalue weighted by Gasteiger charge is 2.06. The largest absolute Gasteiger partial charge is 0.350 e. The molecule has 26 heavy (non-hydrogen) atoms. The van der Waals surface area contributed by atoms with Gasteiger partial charge >= 0.3 is 0 Å². The summed E-state index contributed by atoms with van der Waals surface area (Å²) in [5.74, 6) is 0.0119. The first-order chi connectivity index (χ1) is 12.6. The molecule has 0 aliphatic carbocycles. The molecule has 1 heterocycles. The number of ketones is 1. The van der Waals surface area contributed by atoms with Crippen molar-refractivity contribution in [2.75, 3.05) is 5.32 Å². The molecule has 6 heteroatoms. The minimum atomic E-state index is -0.0291. The first-order valence-electron chi connectivity index (χ1n) is 8.23. The Morgan fingerprint density at radius 1 is 1.04 bits per heavy atom. The van der Waals surface area contributed by atoms with Crippen LogP contribution in [0, 0.1) is 0 Å². The van der Waals surface area contributed by atoms with Crippen LogP contribution in [0.3, 0.4) is 0 Å². The highest BCUT2D eigenvalue weighted by Crippen LogP contribution is 2.21. The van der Waals surface area contributed by atoms with Crippen LogP contribution in [0.15, 0.2) is 60.0 Å². The van der Waals surface area contributed by atoms with Gasteiger partial charge in [-0.05, 0) is 36.8 Å². The number of benzene rings is 2. The fraction of sp³-hybridized carbons (Fsp3) is 0.150. The summed E-state index contributed by atoms with van der Waals surface area (Å²) in [7, 11) is 0. The van der Waals surface area contributed by atoms with E-state index < -0.39 is 0 Å². The van der Waals surface area contributed by atoms with Crippen LogP contribution in [0.2, 0.25) is 0 Å². The second kappa shape index (κ2) is 8.40. The van der Waals surface area contributed by atoms with Gasteiger partial charge in [0, 0.05) is 16.6 Å². The molecule has 1 aromatic heterocycles. The van der Waals surface area contributed by atoms with Gasteiger partial charge in [-0.15, -0.1) is 11.3 Å². The van der Waals surface area contributed by atoms with Crippen molar-refractivity contribution in [2.24, 2.45) is 0 Å². The molecule has 0 radical (unpaired) electrons. The molecule has 0 aliphatic heterocycles. The quantitative estimate of drug-likeness (QED) is 0.622. The molecule has 0 fully saturated rings. The Morgan fingerprint density at radius 3 is 2.46 bits per heavy atom. The van der Waals surface area contributed by atoms with Gasteiger partial charge in [0.25, 0.3) is 0 Å². The van der Waals surface area contributed by atoms with Gasteiger partial charge in [0.05, 0.1) is 18.7 Å². The molecule has 0 atom stereocenters. The number of carbonyl (C=O) groups excluding carboxylic acids is 2. The Bertz CT molecular complexity index is 889. The van der Waals surface area contributed by atoms with E-state index in [1.165, 1.54) is 11.3 Å². The van der Waals surface area contributed by atoms with Gasteiger partial charge in [-0.2, -0.15) is 0 Å². The minimum absolute atomic E-state index is 0.0291. The van der Waals surface area contributed by atoms with Gasteiger partial charge in [0.15, 0.2) is 10.9 Å². The number of thiazole rings is 1. The van der Waals surface area contributed by atoms with Crippen LogP contribution >= 0.6 is 11.3 Å². The Hall–Kier alpha value is -2.99. The summed E-state index contributed by atoms with van der Waals surface area (Å²) in [6.07, 6.45) is 0.360. The number of nitrogens with one attached hydrogen (secondary N) is 2. The third kappa shape index (κ3) is 5.00. The van der Waals surface area contributed by atoms with Gasteiger partial charge in [0.1, 0.15) is 0 Å². The van der Waals surface area contributed by atoms with Gasteiger partial charge in [-0.25, -0.2) is 4.98 Å². The third-order valence-electron chi connectivity index (χ3n) is 3.77. The Morgan fingerprint density at radius 2 is 1.77 bits per heavy atom. The summed E-state index contributed by atoms with van der Waals surface area (Å²) in [5, 5.41) is 8.74. The standard InChI is InChI=1S/C20H19N3O2S/c1-14(24)16-7-9-17(10-8-16)22-20-23-18(13-26-20)12-21-19(25)11-15-5-3-2-4-6-15/h2-10,13H,11-12H2,1H3,(H,21,25)(H,22,23). The highest BCUT2D eigenvalue weighted by atomic mass is 32.1. The third-order valence-corrected chi connectivity index (χ3v) is 4.58. The van der Waals surface area contributed by atoms with Crippen molar-refractivity contribution in [3.8, 4) is 0 Å². The molecule has 5 nitrogen and oxygen atoms in total. The van der Waals surface area contributed by atoms with E-state index in [4.69, 9.17) is 0 Å². The zero-order valence-electron chi connectivity index (χ0n) is 14.4. The molecule has 2 aromatic carbocycles. The van der Waals surface area contributed by atoms with Gasteiger partial charge in [0.2, 0.25) is 5.91 Å². The summed E-state index contributed by atoms with van der Waals surface area (Å²) in [4.78, 5) is 27.8. The fourth-order valence-corrected chi connectivity index (χ4v) is 3.12. The Balaban J connectivity index is 1.51. The van der Waals surface area contributed by atoms with E-state index >= 15 is 0 Å². The van der Waals surface area contributed by atoms with Gasteiger partial charge in [-0.1, -0.05) is 30.3 Å². The van der Waals surface area contributed by atoms with Crippen molar-refractivity contribution in [1.29, 1.82) is 0 Å². The zero-order chi connectivity index (χ0) is 18.4. The van der Waals surface area contributed by atoms with E-state index in [0.717, 1.165) is 22.1 Å². The molecule has 0 saturated carbocycles. The van der Waals surface area contributed by atoms with Crippen LogP contribution in [0.5, 0.6) is 0 Å². The minimum Gasteiger partial charge on any atom is -0.350 e. The number of aromatic nitrogens is 1. The van der Waals surface area contributed by atoms with Crippen LogP contribution in [-0.2, 0) is 17.8 Å². The number of carbonyl (C=O) groups is 2. The summed E-state index contributed by atoms with van der Waals surface area (Å²) >= 11 is 1.47. The predicted octanol–water partition coefficient (Wildman–Crippen LogP) is 3.95. The Kier molecular flexibility index (Phi) is 5.76. The number of nitrogens with zero attached hydrogens (tertiary/aromatic N) is 1. The van der Waals surface area contributed by atoms with Crippen molar-refractivity contribution in [2.45, 2.75) is 19.9 Å². The average molecular weight is 365 g/mol. The topological polar surface area (TPSA) is 71.1 Å².